The minimum atomic E-state index is -0.755. The van der Waals surface area contributed by atoms with E-state index in [1.165, 1.54) is 0 Å². The Hall–Kier alpha value is -2.42. The lowest BCUT2D eigenvalue weighted by molar-refractivity contribution is -0.117. The Morgan fingerprint density at radius 1 is 1.17 bits per heavy atom. The summed E-state index contributed by atoms with van der Waals surface area (Å²) in [7, 11) is -0.755. The molecule has 0 aromatic heterocycles. The molecular weight excluding hydrogens is 402 g/mol. The summed E-state index contributed by atoms with van der Waals surface area (Å²) in [4.78, 5) is 27.4. The number of nitrogens with zero attached hydrogens (tertiary/aromatic N) is 1. The molecule has 3 unspecified atom stereocenters. The first kappa shape index (κ1) is 23.9. The summed E-state index contributed by atoms with van der Waals surface area (Å²) in [6.07, 6.45) is 4.06. The Balaban J connectivity index is 1.94. The fourth-order valence-electron chi connectivity index (χ4n) is 3.47. The third-order valence-electron chi connectivity index (χ3n) is 5.03. The van der Waals surface area contributed by atoms with Crippen LogP contribution in [0.4, 0.5) is 0 Å². The van der Waals surface area contributed by atoms with E-state index in [0.717, 1.165) is 43.8 Å². The zero-order valence-corrected chi connectivity index (χ0v) is 18.6. The molecule has 0 spiro atoms. The first-order valence-electron chi connectivity index (χ1n) is 10.5. The van der Waals surface area contributed by atoms with E-state index in [1.54, 1.807) is 12.1 Å². The monoisotopic (exact) mass is 435 g/mol. The molecule has 8 nitrogen and oxygen atoms in total. The van der Waals surface area contributed by atoms with Crippen molar-refractivity contribution in [3.8, 4) is 0 Å². The van der Waals surface area contributed by atoms with Crippen LogP contribution in [-0.4, -0.2) is 52.1 Å². The molecule has 0 saturated heterocycles. The highest BCUT2D eigenvalue weighted by atomic mass is 32.2. The first-order valence-corrected chi connectivity index (χ1v) is 11.9. The lowest BCUT2D eigenvalue weighted by Gasteiger charge is -2.30. The van der Waals surface area contributed by atoms with Gasteiger partial charge in [-0.2, -0.15) is 0 Å². The van der Waals surface area contributed by atoms with E-state index in [2.05, 4.69) is 20.9 Å². The second-order valence-electron chi connectivity index (χ2n) is 7.34. The molecule has 0 aliphatic heterocycles. The third kappa shape index (κ3) is 7.78. The summed E-state index contributed by atoms with van der Waals surface area (Å²) in [6, 6.07) is 7.36. The van der Waals surface area contributed by atoms with E-state index in [1.807, 2.05) is 26.0 Å². The van der Waals surface area contributed by atoms with E-state index in [-0.39, 0.29) is 23.7 Å². The first-order chi connectivity index (χ1) is 14.4. The molecule has 1 aromatic rings. The van der Waals surface area contributed by atoms with Crippen LogP contribution in [0.2, 0.25) is 0 Å². The Kier molecular flexibility index (Phi) is 9.79. The van der Waals surface area contributed by atoms with Gasteiger partial charge in [0, 0.05) is 40.0 Å². The largest absolute Gasteiger partial charge is 0.368 e. The predicted molar refractivity (Wildman–Crippen MR) is 121 cm³/mol. The number of carbonyl (C=O) groups is 2. The minimum absolute atomic E-state index is 0.184. The number of rotatable bonds is 9. The molecule has 9 heteroatoms. The van der Waals surface area contributed by atoms with Crippen molar-refractivity contribution in [3.63, 3.8) is 0 Å². The number of carbonyl (C=O) groups excluding carboxylic acids is 2. The Bertz CT molecular complexity index is 766. The Morgan fingerprint density at radius 2 is 1.90 bits per heavy atom. The maximum absolute atomic E-state index is 12.2. The molecule has 2 rings (SSSR count). The molecule has 0 bridgehead atoms. The second kappa shape index (κ2) is 12.3. The lowest BCUT2D eigenvalue weighted by Crippen LogP contribution is -2.46. The van der Waals surface area contributed by atoms with Crippen molar-refractivity contribution < 1.29 is 13.8 Å². The zero-order valence-electron chi connectivity index (χ0n) is 17.8. The van der Waals surface area contributed by atoms with Gasteiger partial charge in [0.25, 0.3) is 5.91 Å². The molecule has 0 heterocycles. The van der Waals surface area contributed by atoms with Crippen molar-refractivity contribution >= 4 is 28.6 Å². The highest BCUT2D eigenvalue weighted by Crippen LogP contribution is 2.23. The summed E-state index contributed by atoms with van der Waals surface area (Å²) in [5.74, 6) is 0.536. The standard InChI is InChI=1S/C21H33N5O3S/c1-3-23-21(26-17-6-5-7-18(12-17)30(29)4-2)25-13-15-8-10-16(11-9-15)20(28)24-14-19(22)27/h8-11,17-18H,3-7,12-14H2,1-2H3,(H2,22,27)(H,24,28)(H2,23,25,26). The molecule has 2 amide bonds. The van der Waals surface area contributed by atoms with Crippen LogP contribution in [0, 0.1) is 0 Å². The van der Waals surface area contributed by atoms with Gasteiger partial charge in [-0.25, -0.2) is 4.99 Å². The number of nitrogens with two attached hydrogens (primary N) is 1. The highest BCUT2D eigenvalue weighted by molar-refractivity contribution is 7.85. The van der Waals surface area contributed by atoms with Crippen molar-refractivity contribution in [2.45, 2.75) is 57.4 Å². The van der Waals surface area contributed by atoms with Gasteiger partial charge >= 0.3 is 0 Å². The number of guanidine groups is 1. The molecule has 1 aliphatic carbocycles. The SMILES string of the molecule is CCNC(=NCc1ccc(C(=O)NCC(N)=O)cc1)NC1CCCC(S(=O)CC)C1. The summed E-state index contributed by atoms with van der Waals surface area (Å²) < 4.78 is 12.2. The van der Waals surface area contributed by atoms with Crippen LogP contribution >= 0.6 is 0 Å². The fraction of sp³-hybridized carbons (Fsp3) is 0.571. The number of benzene rings is 1. The maximum Gasteiger partial charge on any atom is 0.251 e. The van der Waals surface area contributed by atoms with Gasteiger partial charge < -0.3 is 21.7 Å². The van der Waals surface area contributed by atoms with Gasteiger partial charge in [-0.3, -0.25) is 13.8 Å². The molecule has 30 heavy (non-hydrogen) atoms. The van der Waals surface area contributed by atoms with Crippen molar-refractivity contribution in [3.05, 3.63) is 35.4 Å². The van der Waals surface area contributed by atoms with Crippen molar-refractivity contribution in [2.75, 3.05) is 18.8 Å². The summed E-state index contributed by atoms with van der Waals surface area (Å²) in [5, 5.41) is 9.48. The smallest absolute Gasteiger partial charge is 0.251 e. The van der Waals surface area contributed by atoms with Gasteiger partial charge in [0.05, 0.1) is 13.1 Å². The molecule has 1 fully saturated rings. The molecule has 1 saturated carbocycles. The van der Waals surface area contributed by atoms with E-state index < -0.39 is 16.7 Å². The average molecular weight is 436 g/mol. The quantitative estimate of drug-likeness (QED) is 0.341. The number of amides is 2. The zero-order chi connectivity index (χ0) is 21.9. The fourth-order valence-corrected chi connectivity index (χ4v) is 4.81. The van der Waals surface area contributed by atoms with E-state index in [4.69, 9.17) is 5.73 Å². The minimum Gasteiger partial charge on any atom is -0.368 e. The lowest BCUT2D eigenvalue weighted by atomic mass is 9.95. The predicted octanol–water partition coefficient (Wildman–Crippen LogP) is 1.04. The van der Waals surface area contributed by atoms with Crippen LogP contribution in [0.3, 0.4) is 0 Å². The molecular formula is C21H33N5O3S. The van der Waals surface area contributed by atoms with Crippen molar-refractivity contribution in [1.82, 2.24) is 16.0 Å². The number of primary amides is 1. The normalized spacial score (nSPS) is 20.3. The van der Waals surface area contributed by atoms with E-state index in [9.17, 15) is 13.8 Å². The highest BCUT2D eigenvalue weighted by Gasteiger charge is 2.26. The number of aliphatic imine (C=N–C) groups is 1. The van der Waals surface area contributed by atoms with Gasteiger partial charge in [0.1, 0.15) is 0 Å². The maximum atomic E-state index is 12.2. The van der Waals surface area contributed by atoms with E-state index >= 15 is 0 Å². The average Bonchev–Trinajstić information content (AvgIpc) is 2.76. The molecule has 1 aliphatic rings. The topological polar surface area (TPSA) is 126 Å². The van der Waals surface area contributed by atoms with Crippen LogP contribution < -0.4 is 21.7 Å². The van der Waals surface area contributed by atoms with Crippen LogP contribution in [0.15, 0.2) is 29.3 Å². The number of nitrogens with one attached hydrogen (secondary N) is 3. The number of hydrogen-bond donors (Lipinski definition) is 4. The van der Waals surface area contributed by atoms with Gasteiger partial charge in [0.15, 0.2) is 5.96 Å². The van der Waals surface area contributed by atoms with E-state index in [0.29, 0.717) is 17.9 Å². The Labute approximate surface area is 180 Å². The van der Waals surface area contributed by atoms with Gasteiger partial charge in [0.2, 0.25) is 5.91 Å². The molecule has 166 valence electrons. The molecule has 0 radical (unpaired) electrons. The van der Waals surface area contributed by atoms with Crippen LogP contribution in [-0.2, 0) is 22.1 Å². The van der Waals surface area contributed by atoms with Gasteiger partial charge in [-0.05, 0) is 43.9 Å². The second-order valence-corrected chi connectivity index (χ2v) is 9.35. The molecule has 1 aromatic carbocycles. The van der Waals surface area contributed by atoms with Crippen LogP contribution in [0.25, 0.3) is 0 Å². The molecule has 5 N–H and O–H groups in total. The summed E-state index contributed by atoms with van der Waals surface area (Å²) in [5.41, 5.74) is 6.47. The molecule has 3 atom stereocenters. The number of hydrogen-bond acceptors (Lipinski definition) is 4. The third-order valence-corrected chi connectivity index (χ3v) is 6.77. The Morgan fingerprint density at radius 3 is 2.53 bits per heavy atom. The van der Waals surface area contributed by atoms with Crippen LogP contribution in [0.5, 0.6) is 0 Å². The van der Waals surface area contributed by atoms with Crippen LogP contribution in [0.1, 0.15) is 55.5 Å². The van der Waals surface area contributed by atoms with Crippen molar-refractivity contribution in [1.29, 1.82) is 0 Å². The van der Waals surface area contributed by atoms with Gasteiger partial charge in [-0.1, -0.05) is 25.5 Å². The summed E-state index contributed by atoms with van der Waals surface area (Å²) >= 11 is 0. The van der Waals surface area contributed by atoms with Crippen molar-refractivity contribution in [2.24, 2.45) is 10.7 Å². The van der Waals surface area contributed by atoms with Gasteiger partial charge in [-0.15, -0.1) is 0 Å². The summed E-state index contributed by atoms with van der Waals surface area (Å²) in [6.45, 7) is 5.03.